The Kier molecular flexibility index (Phi) is 8.78. The van der Waals surface area contributed by atoms with E-state index in [0.717, 1.165) is 38.4 Å². The number of imide groups is 1. The number of amides is 2. The number of nitrogens with zero attached hydrogens (tertiary/aromatic N) is 3. The lowest BCUT2D eigenvalue weighted by Crippen LogP contribution is -2.40. The summed E-state index contributed by atoms with van der Waals surface area (Å²) in [6, 6.07) is 0. The molecule has 5 unspecified atom stereocenters. The summed E-state index contributed by atoms with van der Waals surface area (Å²) in [4.78, 5) is 34.3. The molecule has 31 heavy (non-hydrogen) atoms. The van der Waals surface area contributed by atoms with Crippen molar-refractivity contribution in [1.29, 1.82) is 0 Å². The molecule has 2 saturated heterocycles. The van der Waals surface area contributed by atoms with Crippen LogP contribution in [0.3, 0.4) is 0 Å². The van der Waals surface area contributed by atoms with Gasteiger partial charge in [-0.05, 0) is 63.5 Å². The smallest absolute Gasteiger partial charge is 0.233 e. The summed E-state index contributed by atoms with van der Waals surface area (Å²) in [5.41, 5.74) is 0. The molecule has 0 spiro atoms. The Morgan fingerprint density at radius 1 is 1.13 bits per heavy atom. The second-order valence-electron chi connectivity index (χ2n) is 9.44. The highest BCUT2D eigenvalue weighted by atomic mass is 127. The molecule has 5 atom stereocenters. The van der Waals surface area contributed by atoms with E-state index in [1.807, 2.05) is 0 Å². The molecule has 0 radical (unpaired) electrons. The second-order valence-corrected chi connectivity index (χ2v) is 9.44. The number of nitrogens with one attached hydrogen (secondary N) is 2. The Labute approximate surface area is 203 Å². The predicted octanol–water partition coefficient (Wildman–Crippen LogP) is 2.09. The molecule has 7 nitrogen and oxygen atoms in total. The molecule has 174 valence electrons. The van der Waals surface area contributed by atoms with Crippen LogP contribution in [0.5, 0.6) is 0 Å². The SMILES string of the molecule is CCNC(=NCC(C)CN1CCCC1)NCCCN1C(=O)C2C3C=CC(C3)C2C1=O.I. The van der Waals surface area contributed by atoms with E-state index in [9.17, 15) is 9.59 Å². The Hall–Kier alpha value is -1.16. The first kappa shape index (κ1) is 24.5. The van der Waals surface area contributed by atoms with E-state index in [-0.39, 0.29) is 59.5 Å². The van der Waals surface area contributed by atoms with Gasteiger partial charge in [-0.25, -0.2) is 0 Å². The van der Waals surface area contributed by atoms with Crippen molar-refractivity contribution in [3.8, 4) is 0 Å². The van der Waals surface area contributed by atoms with Crippen molar-refractivity contribution in [2.24, 2.45) is 34.6 Å². The fourth-order valence-electron chi connectivity index (χ4n) is 5.68. The third kappa shape index (κ3) is 5.43. The Morgan fingerprint density at radius 2 is 1.77 bits per heavy atom. The minimum absolute atomic E-state index is 0. The number of allylic oxidation sites excluding steroid dienone is 2. The van der Waals surface area contributed by atoms with Gasteiger partial charge in [0.2, 0.25) is 11.8 Å². The number of fused-ring (bicyclic) bond motifs is 5. The molecule has 1 saturated carbocycles. The molecule has 8 heteroatoms. The van der Waals surface area contributed by atoms with E-state index in [1.54, 1.807) is 0 Å². The lowest BCUT2D eigenvalue weighted by molar-refractivity contribution is -0.140. The summed E-state index contributed by atoms with van der Waals surface area (Å²) >= 11 is 0. The van der Waals surface area contributed by atoms with Crippen LogP contribution in [0, 0.1) is 29.6 Å². The number of likely N-dealkylation sites (tertiary alicyclic amines) is 2. The van der Waals surface area contributed by atoms with Crippen molar-refractivity contribution in [2.75, 3.05) is 45.8 Å². The summed E-state index contributed by atoms with van der Waals surface area (Å²) in [6.07, 6.45) is 8.66. The van der Waals surface area contributed by atoms with Crippen molar-refractivity contribution in [2.45, 2.75) is 39.5 Å². The maximum Gasteiger partial charge on any atom is 0.233 e. The van der Waals surface area contributed by atoms with Crippen LogP contribution in [-0.4, -0.2) is 73.4 Å². The van der Waals surface area contributed by atoms with Crippen molar-refractivity contribution in [3.63, 3.8) is 0 Å². The highest BCUT2D eigenvalue weighted by molar-refractivity contribution is 14.0. The summed E-state index contributed by atoms with van der Waals surface area (Å²) in [6.45, 7) is 10.7. The summed E-state index contributed by atoms with van der Waals surface area (Å²) < 4.78 is 0. The zero-order valence-electron chi connectivity index (χ0n) is 18.9. The summed E-state index contributed by atoms with van der Waals surface area (Å²) in [7, 11) is 0. The third-order valence-corrected chi connectivity index (χ3v) is 7.09. The standard InChI is InChI=1S/C23H37N5O2.HI/c1-3-24-23(26-14-16(2)15-27-10-4-5-11-27)25-9-6-12-28-21(29)19-17-7-8-18(13-17)20(19)22(28)30;/h7-8,16-20H,3-6,9-15H2,1-2H3,(H2,24,25,26);1H. The number of aliphatic imine (C=N–C) groups is 1. The maximum absolute atomic E-state index is 12.7. The average Bonchev–Trinajstić information content (AvgIpc) is 3.51. The van der Waals surface area contributed by atoms with Crippen LogP contribution in [0.2, 0.25) is 0 Å². The number of carbonyl (C=O) groups excluding carboxylic acids is 2. The minimum atomic E-state index is -0.0866. The number of hydrogen-bond donors (Lipinski definition) is 2. The van der Waals surface area contributed by atoms with Gasteiger partial charge >= 0.3 is 0 Å². The zero-order chi connectivity index (χ0) is 21.1. The molecular formula is C23H38IN5O2. The molecule has 3 fully saturated rings. The van der Waals surface area contributed by atoms with Gasteiger partial charge < -0.3 is 15.5 Å². The molecule has 0 aromatic carbocycles. The molecule has 2 aliphatic carbocycles. The van der Waals surface area contributed by atoms with Gasteiger partial charge in [0, 0.05) is 32.7 Å². The molecule has 4 aliphatic rings. The number of carbonyl (C=O) groups is 2. The van der Waals surface area contributed by atoms with Gasteiger partial charge in [0.1, 0.15) is 0 Å². The summed E-state index contributed by atoms with van der Waals surface area (Å²) in [5.74, 6) is 1.86. The molecule has 2 amide bonds. The first-order valence-electron chi connectivity index (χ1n) is 11.9. The Balaban J connectivity index is 0.00000272. The average molecular weight is 543 g/mol. The van der Waals surface area contributed by atoms with E-state index >= 15 is 0 Å². The monoisotopic (exact) mass is 543 g/mol. The zero-order valence-corrected chi connectivity index (χ0v) is 21.2. The van der Waals surface area contributed by atoms with E-state index in [1.165, 1.54) is 30.8 Å². The first-order valence-corrected chi connectivity index (χ1v) is 11.9. The first-order chi connectivity index (χ1) is 14.6. The molecular weight excluding hydrogens is 505 g/mol. The van der Waals surface area contributed by atoms with Crippen LogP contribution >= 0.6 is 24.0 Å². The normalized spacial score (nSPS) is 30.6. The van der Waals surface area contributed by atoms with Gasteiger partial charge in [-0.1, -0.05) is 19.1 Å². The van der Waals surface area contributed by atoms with E-state index in [4.69, 9.17) is 4.99 Å². The second kappa shape index (κ2) is 11.1. The fourth-order valence-corrected chi connectivity index (χ4v) is 5.68. The largest absolute Gasteiger partial charge is 0.357 e. The van der Waals surface area contributed by atoms with Gasteiger partial charge in [0.05, 0.1) is 11.8 Å². The van der Waals surface area contributed by atoms with Crippen LogP contribution in [0.25, 0.3) is 0 Å². The van der Waals surface area contributed by atoms with Crippen molar-refractivity contribution < 1.29 is 9.59 Å². The number of guanidine groups is 1. The molecule has 2 N–H and O–H groups in total. The maximum atomic E-state index is 12.7. The van der Waals surface area contributed by atoms with Gasteiger partial charge in [0.15, 0.2) is 5.96 Å². The number of rotatable bonds is 9. The lowest BCUT2D eigenvalue weighted by Gasteiger charge is -2.20. The van der Waals surface area contributed by atoms with Gasteiger partial charge in [0.25, 0.3) is 0 Å². The molecule has 0 aromatic heterocycles. The number of hydrogen-bond acceptors (Lipinski definition) is 4. The van der Waals surface area contributed by atoms with E-state index in [0.29, 0.717) is 19.0 Å². The van der Waals surface area contributed by atoms with Gasteiger partial charge in [-0.15, -0.1) is 24.0 Å². The van der Waals surface area contributed by atoms with Crippen LogP contribution in [0.1, 0.15) is 39.5 Å². The molecule has 2 aliphatic heterocycles. The van der Waals surface area contributed by atoms with Crippen molar-refractivity contribution >= 4 is 41.8 Å². The predicted molar refractivity (Wildman–Crippen MR) is 133 cm³/mol. The topological polar surface area (TPSA) is 77.0 Å². The quantitative estimate of drug-likeness (QED) is 0.116. The Bertz CT molecular complexity index is 676. The van der Waals surface area contributed by atoms with Gasteiger partial charge in [-0.2, -0.15) is 0 Å². The lowest BCUT2D eigenvalue weighted by atomic mass is 9.85. The van der Waals surface area contributed by atoms with Crippen LogP contribution < -0.4 is 10.6 Å². The van der Waals surface area contributed by atoms with E-state index in [2.05, 4.69) is 41.5 Å². The van der Waals surface area contributed by atoms with Gasteiger partial charge in [-0.3, -0.25) is 19.5 Å². The van der Waals surface area contributed by atoms with Crippen molar-refractivity contribution in [1.82, 2.24) is 20.4 Å². The van der Waals surface area contributed by atoms with Crippen LogP contribution in [0.15, 0.2) is 17.1 Å². The van der Waals surface area contributed by atoms with E-state index < -0.39 is 0 Å². The Morgan fingerprint density at radius 3 is 2.39 bits per heavy atom. The highest BCUT2D eigenvalue weighted by Gasteiger charge is 2.58. The van der Waals surface area contributed by atoms with Crippen LogP contribution in [-0.2, 0) is 9.59 Å². The van der Waals surface area contributed by atoms with Crippen LogP contribution in [0.4, 0.5) is 0 Å². The number of halogens is 1. The third-order valence-electron chi connectivity index (χ3n) is 7.09. The van der Waals surface area contributed by atoms with Crippen molar-refractivity contribution in [3.05, 3.63) is 12.2 Å². The molecule has 2 bridgehead atoms. The molecule has 4 rings (SSSR count). The highest BCUT2D eigenvalue weighted by Crippen LogP contribution is 2.52. The summed E-state index contributed by atoms with van der Waals surface area (Å²) in [5, 5.41) is 6.67. The fraction of sp³-hybridized carbons (Fsp3) is 0.783. The minimum Gasteiger partial charge on any atom is -0.357 e. The molecule has 2 heterocycles. The molecule has 0 aromatic rings.